The summed E-state index contributed by atoms with van der Waals surface area (Å²) in [5, 5.41) is 16.7. The van der Waals surface area contributed by atoms with Crippen molar-refractivity contribution in [1.29, 1.82) is 0 Å². The third-order valence-corrected chi connectivity index (χ3v) is 13.6. The number of amides is 8. The van der Waals surface area contributed by atoms with Crippen molar-refractivity contribution < 1.29 is 59.9 Å². The van der Waals surface area contributed by atoms with E-state index in [2.05, 4.69) is 31.9 Å². The van der Waals surface area contributed by atoms with Gasteiger partial charge in [0.1, 0.15) is 12.1 Å². The minimum Gasteiger partial charge on any atom is -0.343 e. The number of benzene rings is 2. The molecule has 17 nitrogen and oxygen atoms in total. The Morgan fingerprint density at radius 3 is 1.28 bits per heavy atom. The molecule has 23 heteroatoms. The van der Waals surface area contributed by atoms with Crippen LogP contribution in [0, 0.1) is 0 Å². The van der Waals surface area contributed by atoms with Crippen molar-refractivity contribution in [2.75, 3.05) is 66.5 Å². The van der Waals surface area contributed by atoms with E-state index in [9.17, 15) is 59.9 Å². The molecule has 4 rings (SSSR count). The summed E-state index contributed by atoms with van der Waals surface area (Å²) in [7, 11) is 3.15. The first-order valence-electron chi connectivity index (χ1n) is 25.5. The second kappa shape index (κ2) is 29.8. The molecule has 6 atom stereocenters. The van der Waals surface area contributed by atoms with Gasteiger partial charge in [-0.05, 0) is 116 Å². The number of urea groups is 1. The fourth-order valence-electron chi connectivity index (χ4n) is 9.05. The summed E-state index contributed by atoms with van der Waals surface area (Å²) in [4.78, 5) is 96.5. The summed E-state index contributed by atoms with van der Waals surface area (Å²) in [5.74, 6) is -5.84. The first-order chi connectivity index (χ1) is 35.1. The molecule has 8 amide bonds. The SMILES string of the molecule is CN[C@@H](C)C(=O)N[C@@H](CCCCNC(=O)NCCCC[C@H](NC(=O)[C@H](C)NC)C(=O)N1CCC[C@H]1CN(CCc1ccccc1)C(=O)C(F)(F)F)C(=O)N1CCC[C@H]1CN(CCc1ccccc1)C(=O)C(F)(F)F. The van der Waals surface area contributed by atoms with Gasteiger partial charge in [-0.1, -0.05) is 60.7 Å². The predicted molar refractivity (Wildman–Crippen MR) is 265 cm³/mol. The Morgan fingerprint density at radius 2 is 0.946 bits per heavy atom. The van der Waals surface area contributed by atoms with Gasteiger partial charge in [0.25, 0.3) is 0 Å². The number of rotatable bonds is 28. The molecule has 412 valence electrons. The van der Waals surface area contributed by atoms with Crippen LogP contribution in [0.1, 0.15) is 89.2 Å². The highest BCUT2D eigenvalue weighted by atomic mass is 19.4. The van der Waals surface area contributed by atoms with Gasteiger partial charge in [0.05, 0.1) is 12.1 Å². The molecule has 2 aliphatic rings. The van der Waals surface area contributed by atoms with Crippen molar-refractivity contribution in [2.24, 2.45) is 0 Å². The lowest BCUT2D eigenvalue weighted by atomic mass is 10.1. The van der Waals surface area contributed by atoms with Crippen molar-refractivity contribution in [2.45, 2.75) is 140 Å². The molecule has 2 aliphatic heterocycles. The van der Waals surface area contributed by atoms with Gasteiger partial charge in [-0.2, -0.15) is 26.3 Å². The topological polar surface area (TPSA) is 205 Å². The molecule has 0 saturated carbocycles. The van der Waals surface area contributed by atoms with Crippen molar-refractivity contribution in [3.05, 3.63) is 71.8 Å². The highest BCUT2D eigenvalue weighted by molar-refractivity contribution is 5.91. The lowest BCUT2D eigenvalue weighted by Gasteiger charge is -2.33. The molecule has 0 aromatic heterocycles. The molecule has 2 saturated heterocycles. The van der Waals surface area contributed by atoms with Gasteiger partial charge in [-0.25, -0.2) is 4.79 Å². The summed E-state index contributed by atoms with van der Waals surface area (Å²) in [6.45, 7) is 3.00. The van der Waals surface area contributed by atoms with Gasteiger partial charge < -0.3 is 51.5 Å². The Kier molecular flexibility index (Phi) is 24.4. The van der Waals surface area contributed by atoms with Crippen molar-refractivity contribution in [1.82, 2.24) is 51.5 Å². The van der Waals surface area contributed by atoms with E-state index < -0.39 is 90.1 Å². The molecule has 2 aromatic carbocycles. The van der Waals surface area contributed by atoms with Crippen molar-refractivity contribution >= 4 is 41.5 Å². The van der Waals surface area contributed by atoms with Gasteiger partial charge >= 0.3 is 30.2 Å². The fourth-order valence-corrected chi connectivity index (χ4v) is 9.05. The largest absolute Gasteiger partial charge is 0.471 e. The summed E-state index contributed by atoms with van der Waals surface area (Å²) < 4.78 is 82.5. The van der Waals surface area contributed by atoms with Crippen LogP contribution in [-0.2, 0) is 41.6 Å². The van der Waals surface area contributed by atoms with Gasteiger partial charge in [-0.3, -0.25) is 28.8 Å². The lowest BCUT2D eigenvalue weighted by Crippen LogP contribution is -2.55. The van der Waals surface area contributed by atoms with Gasteiger partial charge in [0.2, 0.25) is 23.6 Å². The number of nitrogens with one attached hydrogen (secondary N) is 6. The lowest BCUT2D eigenvalue weighted by molar-refractivity contribution is -0.186. The molecule has 0 bridgehead atoms. The number of hydrogen-bond donors (Lipinski definition) is 6. The zero-order valence-corrected chi connectivity index (χ0v) is 42.8. The van der Waals surface area contributed by atoms with Crippen LogP contribution in [-0.4, -0.2) is 176 Å². The molecule has 2 aromatic rings. The van der Waals surface area contributed by atoms with Crippen LogP contribution in [0.4, 0.5) is 31.1 Å². The second-order valence-corrected chi connectivity index (χ2v) is 18.9. The average molecular weight is 1050 g/mol. The molecule has 6 N–H and O–H groups in total. The van der Waals surface area contributed by atoms with Crippen LogP contribution < -0.4 is 31.9 Å². The molecule has 74 heavy (non-hydrogen) atoms. The normalized spacial score (nSPS) is 17.4. The third-order valence-electron chi connectivity index (χ3n) is 13.6. The summed E-state index contributed by atoms with van der Waals surface area (Å²) in [5.41, 5.74) is 1.50. The number of likely N-dealkylation sites (tertiary alicyclic amines) is 2. The number of carbonyl (C=O) groups excluding carboxylic acids is 7. The van der Waals surface area contributed by atoms with E-state index >= 15 is 0 Å². The molecule has 0 unspecified atom stereocenters. The van der Waals surface area contributed by atoms with E-state index in [1.54, 1.807) is 88.6 Å². The number of nitrogens with zero attached hydrogens (tertiary/aromatic N) is 4. The Bertz CT molecular complexity index is 1980. The summed E-state index contributed by atoms with van der Waals surface area (Å²) in [6, 6.07) is 12.3. The Labute approximate surface area is 429 Å². The molecule has 0 spiro atoms. The van der Waals surface area contributed by atoms with Crippen LogP contribution in [0.2, 0.25) is 0 Å². The minimum absolute atomic E-state index is 0.159. The number of likely N-dealkylation sites (N-methyl/N-ethyl adjacent to an activating group) is 2. The van der Waals surface area contributed by atoms with E-state index in [1.807, 2.05) is 0 Å². The highest BCUT2D eigenvalue weighted by Crippen LogP contribution is 2.27. The molecular formula is C51H74F6N10O7. The summed E-state index contributed by atoms with van der Waals surface area (Å²) >= 11 is 0. The minimum atomic E-state index is -5.11. The molecule has 2 heterocycles. The quantitative estimate of drug-likeness (QED) is 0.0537. The number of unbranched alkanes of at least 4 members (excludes halogenated alkanes) is 2. The monoisotopic (exact) mass is 1050 g/mol. The first-order valence-corrected chi connectivity index (χ1v) is 25.5. The Morgan fingerprint density at radius 1 is 0.581 bits per heavy atom. The standard InChI is InChI=1S/C51H74F6N10O7/c1-35(58-3)43(68)62-41(45(70)66-29-15-21-39(66)33-64(47(72)50(52,53)54)31-25-37-17-7-5-8-18-37)23-11-13-27-60-49(74)61-28-14-12-24-42(63-44(69)36(2)59-4)46(71)67-30-16-22-40(67)34-65(48(73)51(55,56)57)32-26-38-19-9-6-10-20-38/h5-10,17-20,35-36,39-42,58-59H,11-16,21-34H2,1-4H3,(H,62,68)(H,63,69)(H2,60,61,74)/t35-,36-,39-,40-,41-,42-/m0/s1. The Hall–Kier alpha value is -5.97. The first kappa shape index (κ1) is 60.6. The van der Waals surface area contributed by atoms with Crippen LogP contribution in [0.3, 0.4) is 0 Å². The maximum Gasteiger partial charge on any atom is 0.471 e. The number of carbonyl (C=O) groups is 7. The maximum absolute atomic E-state index is 14.1. The van der Waals surface area contributed by atoms with Crippen molar-refractivity contribution in [3.8, 4) is 0 Å². The average Bonchev–Trinajstić information content (AvgIpc) is 4.06. The van der Waals surface area contributed by atoms with Gasteiger partial charge in [0, 0.05) is 64.4 Å². The maximum atomic E-state index is 14.1. The van der Waals surface area contributed by atoms with E-state index in [4.69, 9.17) is 0 Å². The zero-order chi connectivity index (χ0) is 54.4. The second-order valence-electron chi connectivity index (χ2n) is 18.9. The number of alkyl halides is 6. The number of hydrogen-bond acceptors (Lipinski definition) is 9. The van der Waals surface area contributed by atoms with Gasteiger partial charge in [-0.15, -0.1) is 0 Å². The van der Waals surface area contributed by atoms with E-state index in [0.29, 0.717) is 51.4 Å². The third kappa shape index (κ3) is 19.4. The van der Waals surface area contributed by atoms with Gasteiger partial charge in [0.15, 0.2) is 0 Å². The van der Waals surface area contributed by atoms with E-state index in [1.165, 1.54) is 9.80 Å². The highest BCUT2D eigenvalue weighted by Gasteiger charge is 2.46. The van der Waals surface area contributed by atoms with Crippen LogP contribution >= 0.6 is 0 Å². The molecule has 2 fully saturated rings. The zero-order valence-electron chi connectivity index (χ0n) is 42.8. The number of halogens is 6. The van der Waals surface area contributed by atoms with Crippen LogP contribution in [0.5, 0.6) is 0 Å². The fraction of sp³-hybridized carbons (Fsp3) is 0.627. The van der Waals surface area contributed by atoms with E-state index in [0.717, 1.165) is 20.9 Å². The van der Waals surface area contributed by atoms with Crippen molar-refractivity contribution in [3.63, 3.8) is 0 Å². The smallest absolute Gasteiger partial charge is 0.343 e. The molecule has 0 aliphatic carbocycles. The van der Waals surface area contributed by atoms with E-state index in [-0.39, 0.29) is 78.0 Å². The Balaban J connectivity index is 1.28. The van der Waals surface area contributed by atoms with Crippen LogP contribution in [0.15, 0.2) is 60.7 Å². The summed E-state index contributed by atoms with van der Waals surface area (Å²) in [6.07, 6.45) is -6.29. The molecular weight excluding hydrogens is 979 g/mol. The van der Waals surface area contributed by atoms with Crippen LogP contribution in [0.25, 0.3) is 0 Å². The predicted octanol–water partition coefficient (Wildman–Crippen LogP) is 4.06. The molecule has 0 radical (unpaired) electrons.